The molecule has 1 aliphatic carbocycles. The van der Waals surface area contributed by atoms with Crippen molar-refractivity contribution in [3.05, 3.63) is 29.8 Å². The lowest BCUT2D eigenvalue weighted by molar-refractivity contribution is -0.142. The number of hydrogen-bond donors (Lipinski definition) is 1. The molecule has 1 aliphatic heterocycles. The summed E-state index contributed by atoms with van der Waals surface area (Å²) in [4.78, 5) is 27.0. The van der Waals surface area contributed by atoms with Crippen LogP contribution in [0.15, 0.2) is 24.3 Å². The van der Waals surface area contributed by atoms with Crippen molar-refractivity contribution in [1.29, 1.82) is 0 Å². The van der Waals surface area contributed by atoms with E-state index in [0.29, 0.717) is 18.3 Å². The highest BCUT2D eigenvalue weighted by Crippen LogP contribution is 2.44. The molecule has 2 fully saturated rings. The first-order chi connectivity index (χ1) is 12.5. The van der Waals surface area contributed by atoms with Crippen LogP contribution in [0.5, 0.6) is 0 Å². The summed E-state index contributed by atoms with van der Waals surface area (Å²) in [5.41, 5.74) is 1.98. The molecule has 8 heteroatoms. The van der Waals surface area contributed by atoms with Gasteiger partial charge >= 0.3 is 5.97 Å². The quantitative estimate of drug-likeness (QED) is 0.865. The van der Waals surface area contributed by atoms with E-state index in [9.17, 15) is 14.7 Å². The predicted molar refractivity (Wildman–Crippen MR) is 91.9 cm³/mol. The van der Waals surface area contributed by atoms with E-state index < -0.39 is 11.9 Å². The van der Waals surface area contributed by atoms with E-state index in [4.69, 9.17) is 0 Å². The fourth-order valence-electron chi connectivity index (χ4n) is 3.65. The first-order valence-electron chi connectivity index (χ1n) is 8.86. The molecule has 1 aromatic heterocycles. The number of nitrogens with zero attached hydrogens (tertiary/aromatic N) is 5. The van der Waals surface area contributed by atoms with Crippen molar-refractivity contribution >= 4 is 11.9 Å². The van der Waals surface area contributed by atoms with Gasteiger partial charge in [0.05, 0.1) is 5.92 Å². The molecule has 136 valence electrons. The average molecular weight is 355 g/mol. The maximum atomic E-state index is 12.6. The molecule has 4 rings (SSSR count). The number of hydrogen-bond acceptors (Lipinski definition) is 5. The number of carboxylic acids is 1. The van der Waals surface area contributed by atoms with E-state index in [1.54, 1.807) is 4.90 Å². The van der Waals surface area contributed by atoms with Crippen LogP contribution in [-0.4, -0.2) is 55.2 Å². The highest BCUT2D eigenvalue weighted by Gasteiger charge is 2.46. The summed E-state index contributed by atoms with van der Waals surface area (Å²) in [7, 11) is 0. The van der Waals surface area contributed by atoms with Gasteiger partial charge in [-0.3, -0.25) is 9.59 Å². The molecule has 0 bridgehead atoms. The fourth-order valence-corrected chi connectivity index (χ4v) is 3.65. The molecular weight excluding hydrogens is 334 g/mol. The molecule has 1 N–H and O–H groups in total. The molecule has 8 nitrogen and oxygen atoms in total. The van der Waals surface area contributed by atoms with Crippen LogP contribution in [0.3, 0.4) is 0 Å². The SMILES string of the molecule is Cc1ccc(-c2nnn(CC(=O)N3C[C@H](C(=O)O)[C@@H](C4CC4)C3)n2)cc1. The molecule has 0 unspecified atom stereocenters. The van der Waals surface area contributed by atoms with Crippen molar-refractivity contribution in [2.24, 2.45) is 17.8 Å². The molecule has 1 saturated carbocycles. The highest BCUT2D eigenvalue weighted by molar-refractivity contribution is 5.78. The smallest absolute Gasteiger partial charge is 0.308 e. The van der Waals surface area contributed by atoms with Crippen molar-refractivity contribution in [3.63, 3.8) is 0 Å². The maximum Gasteiger partial charge on any atom is 0.308 e. The Balaban J connectivity index is 1.42. The van der Waals surface area contributed by atoms with Crippen LogP contribution in [0.2, 0.25) is 0 Å². The Bertz CT molecular complexity index is 828. The van der Waals surface area contributed by atoms with Gasteiger partial charge < -0.3 is 10.0 Å². The third kappa shape index (κ3) is 3.31. The summed E-state index contributed by atoms with van der Waals surface area (Å²) in [6.07, 6.45) is 2.14. The maximum absolute atomic E-state index is 12.6. The fraction of sp³-hybridized carbons (Fsp3) is 0.500. The van der Waals surface area contributed by atoms with Gasteiger partial charge in [0.25, 0.3) is 0 Å². The van der Waals surface area contributed by atoms with Gasteiger partial charge in [0.1, 0.15) is 6.54 Å². The van der Waals surface area contributed by atoms with Crippen LogP contribution in [0.25, 0.3) is 11.4 Å². The largest absolute Gasteiger partial charge is 0.481 e. The van der Waals surface area contributed by atoms with Crippen molar-refractivity contribution in [1.82, 2.24) is 25.1 Å². The van der Waals surface area contributed by atoms with Gasteiger partial charge in [-0.15, -0.1) is 10.2 Å². The Hall–Kier alpha value is -2.77. The topological polar surface area (TPSA) is 101 Å². The van der Waals surface area contributed by atoms with E-state index >= 15 is 0 Å². The van der Waals surface area contributed by atoms with Crippen LogP contribution < -0.4 is 0 Å². The van der Waals surface area contributed by atoms with Crippen LogP contribution in [0, 0.1) is 24.7 Å². The molecule has 26 heavy (non-hydrogen) atoms. The summed E-state index contributed by atoms with van der Waals surface area (Å²) in [6.45, 7) is 2.76. The lowest BCUT2D eigenvalue weighted by Gasteiger charge is -2.15. The molecule has 0 spiro atoms. The van der Waals surface area contributed by atoms with E-state index in [2.05, 4.69) is 15.4 Å². The van der Waals surface area contributed by atoms with Gasteiger partial charge in [-0.1, -0.05) is 29.8 Å². The van der Waals surface area contributed by atoms with E-state index in [1.165, 1.54) is 4.80 Å². The van der Waals surface area contributed by atoms with Gasteiger partial charge in [0, 0.05) is 18.7 Å². The van der Waals surface area contributed by atoms with Crippen molar-refractivity contribution in [3.8, 4) is 11.4 Å². The summed E-state index contributed by atoms with van der Waals surface area (Å²) < 4.78 is 0. The number of likely N-dealkylation sites (tertiary alicyclic amines) is 1. The minimum atomic E-state index is -0.808. The first-order valence-corrected chi connectivity index (χ1v) is 8.86. The number of rotatable bonds is 5. The van der Waals surface area contributed by atoms with Crippen molar-refractivity contribution in [2.45, 2.75) is 26.3 Å². The Kier molecular flexibility index (Phi) is 4.18. The molecule has 1 amide bonds. The molecule has 0 radical (unpaired) electrons. The summed E-state index contributed by atoms with van der Waals surface area (Å²) in [5, 5.41) is 21.7. The minimum absolute atomic E-state index is 0.0252. The number of carboxylic acid groups (broad SMARTS) is 1. The molecule has 2 aromatic rings. The molecule has 2 heterocycles. The predicted octanol–water partition coefficient (Wildman–Crippen LogP) is 1.22. The van der Waals surface area contributed by atoms with Crippen LogP contribution in [0.4, 0.5) is 0 Å². The van der Waals surface area contributed by atoms with E-state index in [-0.39, 0.29) is 24.9 Å². The van der Waals surface area contributed by atoms with Gasteiger partial charge in [-0.25, -0.2) is 0 Å². The van der Waals surface area contributed by atoms with E-state index in [0.717, 1.165) is 24.0 Å². The van der Waals surface area contributed by atoms with E-state index in [1.807, 2.05) is 31.2 Å². The van der Waals surface area contributed by atoms with Gasteiger partial charge in [-0.2, -0.15) is 4.80 Å². The summed E-state index contributed by atoms with van der Waals surface area (Å²) in [6, 6.07) is 7.76. The van der Waals surface area contributed by atoms with Crippen LogP contribution >= 0.6 is 0 Å². The zero-order valence-electron chi connectivity index (χ0n) is 14.6. The monoisotopic (exact) mass is 355 g/mol. The number of carbonyl (C=O) groups is 2. The number of aromatic nitrogens is 4. The second-order valence-corrected chi connectivity index (χ2v) is 7.25. The van der Waals surface area contributed by atoms with Crippen LogP contribution in [0.1, 0.15) is 18.4 Å². The average Bonchev–Trinajstić information content (AvgIpc) is 3.18. The number of amides is 1. The third-order valence-corrected chi connectivity index (χ3v) is 5.30. The highest BCUT2D eigenvalue weighted by atomic mass is 16.4. The lowest BCUT2D eigenvalue weighted by Crippen LogP contribution is -2.33. The molecule has 2 aliphatic rings. The Morgan fingerprint density at radius 2 is 1.92 bits per heavy atom. The minimum Gasteiger partial charge on any atom is -0.481 e. The molecule has 2 atom stereocenters. The zero-order chi connectivity index (χ0) is 18.3. The molecular formula is C18H21N5O3. The summed E-state index contributed by atoms with van der Waals surface area (Å²) in [5.74, 6) is -0.434. The number of carbonyl (C=O) groups excluding carboxylic acids is 1. The first kappa shape index (κ1) is 16.7. The molecule has 1 saturated heterocycles. The Labute approximate surface area is 150 Å². The third-order valence-electron chi connectivity index (χ3n) is 5.30. The van der Waals surface area contributed by atoms with Crippen LogP contribution in [-0.2, 0) is 16.1 Å². The Morgan fingerprint density at radius 3 is 2.58 bits per heavy atom. The van der Waals surface area contributed by atoms with Gasteiger partial charge in [0.15, 0.2) is 0 Å². The number of aliphatic carboxylic acids is 1. The lowest BCUT2D eigenvalue weighted by atomic mass is 9.92. The van der Waals surface area contributed by atoms with Gasteiger partial charge in [0.2, 0.25) is 11.7 Å². The second kappa shape index (κ2) is 6.51. The zero-order valence-corrected chi connectivity index (χ0v) is 14.6. The van der Waals surface area contributed by atoms with Crippen molar-refractivity contribution in [2.75, 3.05) is 13.1 Å². The normalized spacial score (nSPS) is 22.6. The second-order valence-electron chi connectivity index (χ2n) is 7.25. The van der Waals surface area contributed by atoms with Gasteiger partial charge in [-0.05, 0) is 36.8 Å². The Morgan fingerprint density at radius 1 is 1.19 bits per heavy atom. The summed E-state index contributed by atoms with van der Waals surface area (Å²) >= 11 is 0. The number of benzene rings is 1. The number of aryl methyl sites for hydroxylation is 1. The number of tetrazole rings is 1. The molecule has 1 aromatic carbocycles. The van der Waals surface area contributed by atoms with Crippen molar-refractivity contribution < 1.29 is 14.7 Å². The standard InChI is InChI=1S/C18H21N5O3/c1-11-2-4-13(5-3-11)17-19-21-23(20-17)10-16(24)22-8-14(12-6-7-12)15(9-22)18(25)26/h2-5,12,14-15H,6-10H2,1H3,(H,25,26)/t14-,15+/m1/s1.